The maximum atomic E-state index is 6.05. The van der Waals surface area contributed by atoms with Crippen LogP contribution in [0.25, 0.3) is 11.6 Å². The van der Waals surface area contributed by atoms with Crippen LogP contribution < -0.4 is 5.73 Å². The van der Waals surface area contributed by atoms with E-state index in [1.54, 1.807) is 0 Å². The van der Waals surface area contributed by atoms with Crippen molar-refractivity contribution >= 4 is 21.7 Å². The van der Waals surface area contributed by atoms with Crippen molar-refractivity contribution in [3.8, 4) is 11.6 Å². The molecule has 1 aliphatic rings. The Morgan fingerprint density at radius 3 is 2.72 bits per heavy atom. The Labute approximate surface area is 114 Å². The molecule has 0 saturated carbocycles. The maximum absolute atomic E-state index is 6.05. The lowest BCUT2D eigenvalue weighted by molar-refractivity contribution is 0.551. The highest BCUT2D eigenvalue weighted by Crippen LogP contribution is 2.28. The van der Waals surface area contributed by atoms with Gasteiger partial charge in [-0.2, -0.15) is 0 Å². The normalized spacial score (nSPS) is 15.2. The van der Waals surface area contributed by atoms with Crippen LogP contribution >= 0.6 is 15.9 Å². The zero-order valence-corrected chi connectivity index (χ0v) is 11.5. The largest absolute Gasteiger partial charge is 0.446 e. The monoisotopic (exact) mass is 307 g/mol. The zero-order valence-electron chi connectivity index (χ0n) is 9.95. The molecule has 2 N–H and O–H groups in total. The minimum atomic E-state index is 0.582. The van der Waals surface area contributed by atoms with Gasteiger partial charge in [0, 0.05) is 11.3 Å². The molecule has 0 aliphatic heterocycles. The SMILES string of the molecule is Nc1nc(-c2ccc(Br)o2)nc2c1CCCCC2. The van der Waals surface area contributed by atoms with Crippen molar-refractivity contribution < 1.29 is 4.42 Å². The van der Waals surface area contributed by atoms with E-state index in [9.17, 15) is 0 Å². The first-order valence-electron chi connectivity index (χ1n) is 6.15. The summed E-state index contributed by atoms with van der Waals surface area (Å²) in [4.78, 5) is 8.98. The summed E-state index contributed by atoms with van der Waals surface area (Å²) in [6.07, 6.45) is 5.55. The summed E-state index contributed by atoms with van der Waals surface area (Å²) in [6.45, 7) is 0. The molecule has 0 atom stereocenters. The fourth-order valence-corrected chi connectivity index (χ4v) is 2.65. The van der Waals surface area contributed by atoms with E-state index in [1.807, 2.05) is 12.1 Å². The molecule has 0 fully saturated rings. The number of hydrogen-bond acceptors (Lipinski definition) is 4. The van der Waals surface area contributed by atoms with E-state index < -0.39 is 0 Å². The molecule has 0 spiro atoms. The summed E-state index contributed by atoms with van der Waals surface area (Å²) in [7, 11) is 0. The number of furan rings is 1. The summed E-state index contributed by atoms with van der Waals surface area (Å²) in [5.41, 5.74) is 8.26. The van der Waals surface area contributed by atoms with Gasteiger partial charge < -0.3 is 10.2 Å². The van der Waals surface area contributed by atoms with E-state index in [-0.39, 0.29) is 0 Å². The smallest absolute Gasteiger partial charge is 0.197 e. The predicted molar refractivity (Wildman–Crippen MR) is 73.1 cm³/mol. The van der Waals surface area contributed by atoms with E-state index in [0.29, 0.717) is 22.1 Å². The topological polar surface area (TPSA) is 64.9 Å². The van der Waals surface area contributed by atoms with Crippen LogP contribution in [0.1, 0.15) is 30.5 Å². The van der Waals surface area contributed by atoms with Crippen LogP contribution in [0.5, 0.6) is 0 Å². The molecule has 0 radical (unpaired) electrons. The van der Waals surface area contributed by atoms with Crippen LogP contribution in [0.3, 0.4) is 0 Å². The number of nitrogens with zero attached hydrogens (tertiary/aromatic N) is 2. The molecule has 0 bridgehead atoms. The van der Waals surface area contributed by atoms with Crippen molar-refractivity contribution in [1.82, 2.24) is 9.97 Å². The lowest BCUT2D eigenvalue weighted by Crippen LogP contribution is -2.06. The van der Waals surface area contributed by atoms with Crippen molar-refractivity contribution in [2.45, 2.75) is 32.1 Å². The first kappa shape index (κ1) is 11.7. The molecule has 0 saturated heterocycles. The summed E-state index contributed by atoms with van der Waals surface area (Å²) in [5.74, 6) is 1.84. The second kappa shape index (κ2) is 4.72. The number of halogens is 1. The van der Waals surface area contributed by atoms with Gasteiger partial charge in [0.2, 0.25) is 0 Å². The second-order valence-corrected chi connectivity index (χ2v) is 5.30. The molecule has 2 aromatic heterocycles. The Bertz CT molecular complexity index is 580. The second-order valence-electron chi connectivity index (χ2n) is 4.52. The highest BCUT2D eigenvalue weighted by molar-refractivity contribution is 9.10. The van der Waals surface area contributed by atoms with Crippen molar-refractivity contribution in [3.05, 3.63) is 28.1 Å². The van der Waals surface area contributed by atoms with Crippen LogP contribution in [0, 0.1) is 0 Å². The summed E-state index contributed by atoms with van der Waals surface area (Å²) in [5, 5.41) is 0. The van der Waals surface area contributed by atoms with Gasteiger partial charge in [0.05, 0.1) is 0 Å². The average molecular weight is 308 g/mol. The molecule has 0 unspecified atom stereocenters. The predicted octanol–water partition coefficient (Wildman–Crippen LogP) is 3.35. The van der Waals surface area contributed by atoms with E-state index >= 15 is 0 Å². The summed E-state index contributed by atoms with van der Waals surface area (Å²) >= 11 is 3.28. The number of nitrogen functional groups attached to an aromatic ring is 1. The van der Waals surface area contributed by atoms with E-state index in [2.05, 4.69) is 25.9 Å². The third-order valence-electron chi connectivity index (χ3n) is 3.26. The first-order chi connectivity index (χ1) is 8.74. The molecule has 18 heavy (non-hydrogen) atoms. The number of rotatable bonds is 1. The van der Waals surface area contributed by atoms with Crippen LogP contribution in [-0.4, -0.2) is 9.97 Å². The molecule has 5 heteroatoms. The lowest BCUT2D eigenvalue weighted by Gasteiger charge is -2.08. The number of fused-ring (bicyclic) bond motifs is 1. The Morgan fingerprint density at radius 2 is 1.94 bits per heavy atom. The molecular formula is C13H14BrN3O. The maximum Gasteiger partial charge on any atom is 0.197 e. The van der Waals surface area contributed by atoms with Gasteiger partial charge in [-0.1, -0.05) is 6.42 Å². The first-order valence-corrected chi connectivity index (χ1v) is 6.94. The fraction of sp³-hybridized carbons (Fsp3) is 0.385. The number of aromatic nitrogens is 2. The Kier molecular flexibility index (Phi) is 3.07. The minimum Gasteiger partial charge on any atom is -0.446 e. The third kappa shape index (κ3) is 2.14. The lowest BCUT2D eigenvalue weighted by atomic mass is 10.1. The molecule has 1 aliphatic carbocycles. The molecule has 4 nitrogen and oxygen atoms in total. The van der Waals surface area contributed by atoms with Gasteiger partial charge in [0.1, 0.15) is 5.82 Å². The molecule has 2 aromatic rings. The van der Waals surface area contributed by atoms with Gasteiger partial charge in [0.15, 0.2) is 16.3 Å². The van der Waals surface area contributed by atoms with E-state index in [1.165, 1.54) is 19.3 Å². The minimum absolute atomic E-state index is 0.582. The Hall–Kier alpha value is -1.36. The average Bonchev–Trinajstić information content (AvgIpc) is 2.63. The standard InChI is InChI=1S/C13H14BrN3O/c14-11-7-6-10(18-11)13-16-9-5-3-1-2-4-8(9)12(15)17-13/h6-7H,1-5H2,(H2,15,16,17). The van der Waals surface area contributed by atoms with Crippen molar-refractivity contribution in [1.29, 1.82) is 0 Å². The fourth-order valence-electron chi connectivity index (χ4n) is 2.34. The van der Waals surface area contributed by atoms with Crippen molar-refractivity contribution in [2.24, 2.45) is 0 Å². The van der Waals surface area contributed by atoms with Crippen LogP contribution in [0.15, 0.2) is 21.2 Å². The van der Waals surface area contributed by atoms with Crippen LogP contribution in [0.4, 0.5) is 5.82 Å². The molecule has 0 aromatic carbocycles. The zero-order chi connectivity index (χ0) is 12.5. The highest BCUT2D eigenvalue weighted by atomic mass is 79.9. The number of aryl methyl sites for hydroxylation is 1. The van der Waals surface area contributed by atoms with Gasteiger partial charge in [-0.25, -0.2) is 9.97 Å². The van der Waals surface area contributed by atoms with Crippen LogP contribution in [0.2, 0.25) is 0 Å². The van der Waals surface area contributed by atoms with Gasteiger partial charge in [-0.05, 0) is 53.7 Å². The molecule has 2 heterocycles. The van der Waals surface area contributed by atoms with Crippen molar-refractivity contribution in [3.63, 3.8) is 0 Å². The number of anilines is 1. The number of nitrogens with two attached hydrogens (primary N) is 1. The number of hydrogen-bond donors (Lipinski definition) is 1. The third-order valence-corrected chi connectivity index (χ3v) is 3.68. The Balaban J connectivity index is 2.07. The highest BCUT2D eigenvalue weighted by Gasteiger charge is 2.17. The van der Waals surface area contributed by atoms with Crippen LogP contribution in [-0.2, 0) is 12.8 Å². The van der Waals surface area contributed by atoms with Gasteiger partial charge >= 0.3 is 0 Å². The Morgan fingerprint density at radius 1 is 1.11 bits per heavy atom. The molecular weight excluding hydrogens is 294 g/mol. The van der Waals surface area contributed by atoms with Gasteiger partial charge in [0.25, 0.3) is 0 Å². The van der Waals surface area contributed by atoms with Gasteiger partial charge in [-0.3, -0.25) is 0 Å². The quantitative estimate of drug-likeness (QED) is 0.821. The summed E-state index contributed by atoms with van der Waals surface area (Å²) in [6, 6.07) is 3.68. The van der Waals surface area contributed by atoms with E-state index in [4.69, 9.17) is 10.2 Å². The van der Waals surface area contributed by atoms with Gasteiger partial charge in [-0.15, -0.1) is 0 Å². The van der Waals surface area contributed by atoms with E-state index in [0.717, 1.165) is 24.1 Å². The summed E-state index contributed by atoms with van der Waals surface area (Å²) < 4.78 is 6.16. The molecule has 0 amide bonds. The van der Waals surface area contributed by atoms with Crippen molar-refractivity contribution in [2.75, 3.05) is 5.73 Å². The molecule has 3 rings (SSSR count). The molecule has 94 valence electrons.